The van der Waals surface area contributed by atoms with Crippen LogP contribution in [0.15, 0.2) is 121 Å². The number of likely N-dealkylation sites (N-methyl/N-ethyl adjacent to an activating group) is 1. The zero-order chi connectivity index (χ0) is 41.6. The Hall–Kier alpha value is -6.14. The Balaban J connectivity index is 0.000000940. The second kappa shape index (κ2) is 20.1. The third-order valence-electron chi connectivity index (χ3n) is 8.00. The van der Waals surface area contributed by atoms with Gasteiger partial charge >= 0.3 is 36.0 Å². The van der Waals surface area contributed by atoms with Gasteiger partial charge in [0.1, 0.15) is 12.7 Å². The highest BCUT2D eigenvalue weighted by molar-refractivity contribution is 5.91. The average Bonchev–Trinajstić information content (AvgIpc) is 3.22. The molecule has 0 spiro atoms. The van der Waals surface area contributed by atoms with E-state index in [2.05, 4.69) is 0 Å². The summed E-state index contributed by atoms with van der Waals surface area (Å²) in [6, 6.07) is 32.0. The molecular weight excluding hydrogens is 759 g/mol. The van der Waals surface area contributed by atoms with E-state index in [1.54, 1.807) is 84.9 Å². The molecule has 0 saturated carbocycles. The minimum absolute atomic E-state index is 0.107. The van der Waals surface area contributed by atoms with Crippen molar-refractivity contribution in [1.82, 2.24) is 5.06 Å². The van der Waals surface area contributed by atoms with Gasteiger partial charge in [-0.25, -0.2) is 24.0 Å². The van der Waals surface area contributed by atoms with Crippen molar-refractivity contribution in [2.24, 2.45) is 0 Å². The molecule has 5 rings (SSSR count). The molecule has 1 saturated heterocycles. The van der Waals surface area contributed by atoms with Crippen LogP contribution >= 0.6 is 0 Å². The van der Waals surface area contributed by atoms with E-state index in [1.807, 2.05) is 6.92 Å². The van der Waals surface area contributed by atoms with Crippen molar-refractivity contribution in [2.75, 3.05) is 20.3 Å². The Morgan fingerprint density at radius 3 is 1.42 bits per heavy atom. The lowest BCUT2D eigenvalue weighted by atomic mass is 9.95. The van der Waals surface area contributed by atoms with Gasteiger partial charge in [-0.2, -0.15) is 13.2 Å². The number of hydroxylamine groups is 2. The van der Waals surface area contributed by atoms with Gasteiger partial charge in [0.2, 0.25) is 6.10 Å². The number of aliphatic carboxylic acids is 1. The van der Waals surface area contributed by atoms with Crippen molar-refractivity contribution in [1.29, 1.82) is 0 Å². The molecular formula is C40H38F3NO13. The lowest BCUT2D eigenvalue weighted by Gasteiger charge is -2.50. The van der Waals surface area contributed by atoms with Gasteiger partial charge in [-0.05, 0) is 55.0 Å². The zero-order valence-electron chi connectivity index (χ0n) is 30.4. The number of hydrogen-bond acceptors (Lipinski definition) is 13. The maximum Gasteiger partial charge on any atom is 0.490 e. The lowest BCUT2D eigenvalue weighted by molar-refractivity contribution is -0.453. The molecule has 0 amide bonds. The van der Waals surface area contributed by atoms with Crippen molar-refractivity contribution >= 4 is 29.8 Å². The Morgan fingerprint density at radius 1 is 0.667 bits per heavy atom. The van der Waals surface area contributed by atoms with Crippen LogP contribution in [-0.4, -0.2) is 102 Å². The molecule has 0 bridgehead atoms. The van der Waals surface area contributed by atoms with E-state index >= 15 is 0 Å². The number of carboxylic acids is 1. The summed E-state index contributed by atoms with van der Waals surface area (Å²) < 4.78 is 61.3. The summed E-state index contributed by atoms with van der Waals surface area (Å²) >= 11 is 0. The number of carboxylic acid groups (broad SMARTS) is 1. The van der Waals surface area contributed by atoms with E-state index in [0.717, 1.165) is 5.06 Å². The zero-order valence-corrected chi connectivity index (χ0v) is 30.4. The minimum atomic E-state index is -5.08. The molecule has 1 aliphatic rings. The first-order valence-corrected chi connectivity index (χ1v) is 17.2. The number of nitrogens with zero attached hydrogens (tertiary/aromatic N) is 1. The monoisotopic (exact) mass is 797 g/mol. The van der Waals surface area contributed by atoms with E-state index in [0.29, 0.717) is 6.42 Å². The van der Waals surface area contributed by atoms with E-state index < -0.39 is 73.0 Å². The Bertz CT molecular complexity index is 1940. The molecule has 0 unspecified atom stereocenters. The summed E-state index contributed by atoms with van der Waals surface area (Å²) in [5, 5.41) is 20.4. The smallest absolute Gasteiger partial charge is 0.475 e. The van der Waals surface area contributed by atoms with Gasteiger partial charge in [-0.3, -0.25) is 4.84 Å². The van der Waals surface area contributed by atoms with Crippen LogP contribution in [0.3, 0.4) is 0 Å². The SMILES string of the molecule is CCCON(C)[C@]1(O)O[C@@H](COC(=O)c2ccccc2)[C@H](OC(=O)c2ccccc2)[C@@H](OC(=O)c2ccccc2)[C@@H]1OC(=O)c1ccccc1.O=C(O)C(F)(F)F. The molecule has 2 N–H and O–H groups in total. The van der Waals surface area contributed by atoms with Crippen LogP contribution < -0.4 is 0 Å². The molecule has 4 aromatic carbocycles. The number of carbonyl (C=O) groups excluding carboxylic acids is 4. The van der Waals surface area contributed by atoms with Crippen molar-refractivity contribution in [3.8, 4) is 0 Å². The molecule has 17 heteroatoms. The summed E-state index contributed by atoms with van der Waals surface area (Å²) in [6.07, 6.45) is -11.3. The van der Waals surface area contributed by atoms with Crippen LogP contribution in [-0.2, 0) is 33.3 Å². The van der Waals surface area contributed by atoms with Crippen molar-refractivity contribution in [3.63, 3.8) is 0 Å². The van der Waals surface area contributed by atoms with Gasteiger partial charge in [0, 0.05) is 7.05 Å². The van der Waals surface area contributed by atoms with Crippen LogP contribution in [0.2, 0.25) is 0 Å². The Morgan fingerprint density at radius 2 is 1.04 bits per heavy atom. The van der Waals surface area contributed by atoms with Crippen LogP contribution in [0.25, 0.3) is 0 Å². The molecule has 0 radical (unpaired) electrons. The number of hydrogen-bond donors (Lipinski definition) is 2. The fourth-order valence-electron chi connectivity index (χ4n) is 5.18. The molecule has 302 valence electrons. The van der Waals surface area contributed by atoms with Crippen molar-refractivity contribution < 1.29 is 75.9 Å². The predicted molar refractivity (Wildman–Crippen MR) is 191 cm³/mol. The van der Waals surface area contributed by atoms with Crippen molar-refractivity contribution in [2.45, 2.75) is 49.8 Å². The first kappa shape index (κ1) is 43.6. The molecule has 57 heavy (non-hydrogen) atoms. The van der Waals surface area contributed by atoms with Crippen molar-refractivity contribution in [3.05, 3.63) is 144 Å². The second-order valence-corrected chi connectivity index (χ2v) is 12.1. The molecule has 0 aliphatic carbocycles. The Labute approximate surface area is 324 Å². The van der Waals surface area contributed by atoms with Gasteiger partial charge in [0.25, 0.3) is 5.91 Å². The van der Waals surface area contributed by atoms with Gasteiger partial charge in [0.15, 0.2) is 12.2 Å². The summed E-state index contributed by atoms with van der Waals surface area (Å²) in [7, 11) is 1.33. The van der Waals surface area contributed by atoms with Crippen LogP contribution in [0.4, 0.5) is 13.2 Å². The van der Waals surface area contributed by atoms with Gasteiger partial charge < -0.3 is 33.9 Å². The minimum Gasteiger partial charge on any atom is -0.475 e. The average molecular weight is 798 g/mol. The van der Waals surface area contributed by atoms with E-state index in [1.165, 1.54) is 43.4 Å². The maximum atomic E-state index is 13.7. The number of aliphatic hydroxyl groups is 1. The van der Waals surface area contributed by atoms with Gasteiger partial charge in [-0.15, -0.1) is 5.06 Å². The van der Waals surface area contributed by atoms with Gasteiger partial charge in [0.05, 0.1) is 28.9 Å². The highest BCUT2D eigenvalue weighted by atomic mass is 19.4. The fourth-order valence-corrected chi connectivity index (χ4v) is 5.18. The summed E-state index contributed by atoms with van der Waals surface area (Å²) in [5.41, 5.74) is 0.590. The number of alkyl halides is 3. The first-order valence-electron chi connectivity index (χ1n) is 17.2. The Kier molecular flexibility index (Phi) is 15.4. The third kappa shape index (κ3) is 11.9. The highest BCUT2D eigenvalue weighted by Crippen LogP contribution is 2.37. The topological polar surface area (TPSA) is 184 Å². The maximum absolute atomic E-state index is 13.7. The number of benzene rings is 4. The quantitative estimate of drug-likeness (QED) is 0.0751. The summed E-state index contributed by atoms with van der Waals surface area (Å²) in [4.78, 5) is 68.5. The number of halogens is 3. The fraction of sp³-hybridized carbons (Fsp3) is 0.275. The third-order valence-corrected chi connectivity index (χ3v) is 8.00. The van der Waals surface area contributed by atoms with Crippen LogP contribution in [0, 0.1) is 0 Å². The van der Waals surface area contributed by atoms with Gasteiger partial charge in [-0.1, -0.05) is 79.7 Å². The molecule has 1 aliphatic heterocycles. The lowest BCUT2D eigenvalue weighted by Crippen LogP contribution is -2.72. The summed E-state index contributed by atoms with van der Waals surface area (Å²) in [5.74, 6) is -8.83. The number of rotatable bonds is 13. The predicted octanol–water partition coefficient (Wildman–Crippen LogP) is 5.47. The molecule has 4 aromatic rings. The van der Waals surface area contributed by atoms with E-state index in [4.69, 9.17) is 38.4 Å². The van der Waals surface area contributed by atoms with Crippen LogP contribution in [0.5, 0.6) is 0 Å². The molecule has 1 fully saturated rings. The molecule has 0 aromatic heterocycles. The first-order chi connectivity index (χ1) is 27.1. The second-order valence-electron chi connectivity index (χ2n) is 12.1. The highest BCUT2D eigenvalue weighted by Gasteiger charge is 2.63. The number of esters is 4. The molecule has 1 heterocycles. The largest absolute Gasteiger partial charge is 0.490 e. The molecule has 14 nitrogen and oxygen atoms in total. The summed E-state index contributed by atoms with van der Waals surface area (Å²) in [6.45, 7) is 1.35. The number of carbonyl (C=O) groups is 5. The normalized spacial score (nSPS) is 20.3. The molecule has 5 atom stereocenters. The van der Waals surface area contributed by atoms with Crippen LogP contribution in [0.1, 0.15) is 54.8 Å². The van der Waals surface area contributed by atoms with E-state index in [9.17, 15) is 37.5 Å². The number of ether oxygens (including phenoxy) is 5. The van der Waals surface area contributed by atoms with E-state index in [-0.39, 0.29) is 28.9 Å². The standard InChI is InChI=1S/C38H37NO11.C2HF3O2/c1-3-24-46-39(2)38(44)33(49-37(43)29-22-14-7-15-23-29)32(48-36(42)28-20-12-6-13-21-28)31(47-35(41)27-18-10-5-11-19-27)30(50-38)25-45-34(40)26-16-8-4-9-17-26;3-2(4,5)1(6)7/h4-23,30-33,44H,3,24-25H2,1-2H3;(H,6,7)/t30-,31-,32+,33-,38+;/m0./s1.